The molecule has 0 unspecified atom stereocenters. The lowest BCUT2D eigenvalue weighted by Crippen LogP contribution is -2.37. The van der Waals surface area contributed by atoms with Crippen LogP contribution < -0.4 is 24.8 Å². The molecule has 1 rings (SSSR count). The van der Waals surface area contributed by atoms with Crippen LogP contribution in [0.5, 0.6) is 17.2 Å². The number of ether oxygens (including phenoxy) is 4. The Balaban J connectivity index is 0.00000841. The van der Waals surface area contributed by atoms with E-state index in [9.17, 15) is 4.79 Å². The van der Waals surface area contributed by atoms with E-state index in [0.29, 0.717) is 30.2 Å². The van der Waals surface area contributed by atoms with E-state index in [1.165, 1.54) is 7.11 Å². The van der Waals surface area contributed by atoms with Crippen LogP contribution in [0, 0.1) is 0 Å². The average Bonchev–Trinajstić information content (AvgIpc) is 2.75. The predicted octanol–water partition coefficient (Wildman–Crippen LogP) is 3.51. The number of benzene rings is 1. The predicted molar refractivity (Wildman–Crippen MR) is 129 cm³/mol. The van der Waals surface area contributed by atoms with Gasteiger partial charge >= 0.3 is 5.97 Å². The van der Waals surface area contributed by atoms with Crippen molar-refractivity contribution in [2.45, 2.75) is 45.6 Å². The largest absolute Gasteiger partial charge is 0.493 e. The molecule has 30 heavy (non-hydrogen) atoms. The molecule has 2 N–H and O–H groups in total. The number of carbonyl (C=O) groups excluding carboxylic acids is 1. The zero-order valence-electron chi connectivity index (χ0n) is 18.7. The first-order valence-electron chi connectivity index (χ1n) is 9.97. The number of esters is 1. The molecular weight excluding hydrogens is 501 g/mol. The highest BCUT2D eigenvalue weighted by Gasteiger charge is 2.13. The summed E-state index contributed by atoms with van der Waals surface area (Å²) in [5.41, 5.74) is 0.958. The van der Waals surface area contributed by atoms with E-state index in [-0.39, 0.29) is 29.9 Å². The second-order valence-corrected chi connectivity index (χ2v) is 6.40. The van der Waals surface area contributed by atoms with Gasteiger partial charge in [-0.15, -0.1) is 24.0 Å². The number of nitrogens with zero attached hydrogens (tertiary/aromatic N) is 1. The van der Waals surface area contributed by atoms with Gasteiger partial charge in [-0.3, -0.25) is 4.79 Å². The minimum atomic E-state index is -0.142. The second-order valence-electron chi connectivity index (χ2n) is 6.40. The van der Waals surface area contributed by atoms with Crippen LogP contribution in [0.25, 0.3) is 0 Å². The maximum Gasteiger partial charge on any atom is 0.305 e. The quantitative estimate of drug-likeness (QED) is 0.131. The molecule has 0 aliphatic rings. The molecule has 8 nitrogen and oxygen atoms in total. The molecule has 0 aromatic heterocycles. The molecule has 1 aromatic rings. The molecule has 9 heteroatoms. The van der Waals surface area contributed by atoms with E-state index in [1.54, 1.807) is 21.3 Å². The van der Waals surface area contributed by atoms with E-state index in [0.717, 1.165) is 50.3 Å². The first-order valence-corrected chi connectivity index (χ1v) is 9.97. The molecule has 0 aliphatic carbocycles. The summed E-state index contributed by atoms with van der Waals surface area (Å²) in [6.07, 6.45) is 4.42. The smallest absolute Gasteiger partial charge is 0.305 e. The van der Waals surface area contributed by atoms with Crippen LogP contribution in [0.15, 0.2) is 17.1 Å². The van der Waals surface area contributed by atoms with Gasteiger partial charge in [-0.1, -0.05) is 12.8 Å². The molecule has 0 radical (unpaired) electrons. The van der Waals surface area contributed by atoms with E-state index >= 15 is 0 Å². The van der Waals surface area contributed by atoms with Crippen molar-refractivity contribution in [3.05, 3.63) is 17.7 Å². The van der Waals surface area contributed by atoms with Gasteiger partial charge in [-0.25, -0.2) is 4.99 Å². The molecule has 0 fully saturated rings. The molecule has 1 aromatic carbocycles. The summed E-state index contributed by atoms with van der Waals surface area (Å²) in [7, 11) is 6.20. The number of rotatable bonds is 13. The van der Waals surface area contributed by atoms with Crippen LogP contribution >= 0.6 is 24.0 Å². The molecule has 0 spiro atoms. The van der Waals surface area contributed by atoms with Crippen LogP contribution in [-0.2, 0) is 16.1 Å². The SMILES string of the molecule is CCNC(=NCc1cc(OC)c(OC)c(OC)c1)NCCCCCCC(=O)OC.I. The van der Waals surface area contributed by atoms with Crippen molar-refractivity contribution in [2.75, 3.05) is 41.5 Å². The Labute approximate surface area is 197 Å². The van der Waals surface area contributed by atoms with Gasteiger partial charge in [-0.05, 0) is 37.5 Å². The first-order chi connectivity index (χ1) is 14.1. The maximum absolute atomic E-state index is 11.1. The Bertz CT molecular complexity index is 631. The van der Waals surface area contributed by atoms with Crippen molar-refractivity contribution in [3.8, 4) is 17.2 Å². The number of guanidine groups is 1. The van der Waals surface area contributed by atoms with Crippen molar-refractivity contribution in [1.82, 2.24) is 10.6 Å². The summed E-state index contributed by atoms with van der Waals surface area (Å²) in [6, 6.07) is 3.80. The molecule has 0 atom stereocenters. The van der Waals surface area contributed by atoms with Gasteiger partial charge in [-0.2, -0.15) is 0 Å². The zero-order valence-corrected chi connectivity index (χ0v) is 21.0. The minimum absolute atomic E-state index is 0. The Kier molecular flexibility index (Phi) is 15.8. The maximum atomic E-state index is 11.1. The third-order valence-electron chi connectivity index (χ3n) is 4.32. The van der Waals surface area contributed by atoms with Crippen LogP contribution in [0.1, 0.15) is 44.6 Å². The van der Waals surface area contributed by atoms with E-state index in [4.69, 9.17) is 14.2 Å². The van der Waals surface area contributed by atoms with Crippen LogP contribution in [0.2, 0.25) is 0 Å². The van der Waals surface area contributed by atoms with E-state index < -0.39 is 0 Å². The second kappa shape index (κ2) is 16.8. The highest BCUT2D eigenvalue weighted by Crippen LogP contribution is 2.38. The number of carbonyl (C=O) groups is 1. The molecule has 0 aliphatic heterocycles. The topological polar surface area (TPSA) is 90.4 Å². The summed E-state index contributed by atoms with van der Waals surface area (Å²) < 4.78 is 20.8. The van der Waals surface area contributed by atoms with E-state index in [2.05, 4.69) is 20.4 Å². The number of unbranched alkanes of at least 4 members (excludes halogenated alkanes) is 3. The number of hydrogen-bond donors (Lipinski definition) is 2. The van der Waals surface area contributed by atoms with Gasteiger partial charge in [0.05, 0.1) is 35.0 Å². The Morgan fingerprint density at radius 3 is 2.10 bits per heavy atom. The van der Waals surface area contributed by atoms with Crippen LogP contribution in [0.3, 0.4) is 0 Å². The highest BCUT2D eigenvalue weighted by atomic mass is 127. The minimum Gasteiger partial charge on any atom is -0.493 e. The Morgan fingerprint density at radius 2 is 1.57 bits per heavy atom. The van der Waals surface area contributed by atoms with Gasteiger partial charge < -0.3 is 29.6 Å². The summed E-state index contributed by atoms with van der Waals surface area (Å²) in [5.74, 6) is 2.41. The number of halogens is 1. The summed E-state index contributed by atoms with van der Waals surface area (Å²) in [4.78, 5) is 15.7. The highest BCUT2D eigenvalue weighted by molar-refractivity contribution is 14.0. The fraction of sp³-hybridized carbons (Fsp3) is 0.619. The van der Waals surface area contributed by atoms with Crippen molar-refractivity contribution < 1.29 is 23.7 Å². The fourth-order valence-electron chi connectivity index (χ4n) is 2.80. The van der Waals surface area contributed by atoms with E-state index in [1.807, 2.05) is 19.1 Å². The first kappa shape index (κ1) is 28.1. The zero-order chi connectivity index (χ0) is 21.5. The lowest BCUT2D eigenvalue weighted by Gasteiger charge is -2.14. The lowest BCUT2D eigenvalue weighted by atomic mass is 10.1. The molecular formula is C21H36IN3O5. The van der Waals surface area contributed by atoms with Crippen molar-refractivity contribution in [2.24, 2.45) is 4.99 Å². The Morgan fingerprint density at radius 1 is 0.933 bits per heavy atom. The molecule has 0 saturated heterocycles. The van der Waals surface area contributed by atoms with Gasteiger partial charge in [0.1, 0.15) is 0 Å². The third kappa shape index (κ3) is 10.2. The number of methoxy groups -OCH3 is 4. The van der Waals surface area contributed by atoms with Gasteiger partial charge in [0.15, 0.2) is 17.5 Å². The number of nitrogens with one attached hydrogen (secondary N) is 2. The molecule has 0 saturated carbocycles. The third-order valence-corrected chi connectivity index (χ3v) is 4.32. The van der Waals surface area contributed by atoms with Gasteiger partial charge in [0.2, 0.25) is 5.75 Å². The molecule has 172 valence electrons. The number of hydrogen-bond acceptors (Lipinski definition) is 6. The lowest BCUT2D eigenvalue weighted by molar-refractivity contribution is -0.140. The van der Waals surface area contributed by atoms with Crippen LogP contribution in [-0.4, -0.2) is 53.5 Å². The molecule has 0 bridgehead atoms. The average molecular weight is 537 g/mol. The van der Waals surface area contributed by atoms with Crippen molar-refractivity contribution >= 4 is 35.9 Å². The van der Waals surface area contributed by atoms with Crippen molar-refractivity contribution in [3.63, 3.8) is 0 Å². The van der Waals surface area contributed by atoms with Crippen LogP contribution in [0.4, 0.5) is 0 Å². The number of aliphatic imine (C=N–C) groups is 1. The molecule has 0 amide bonds. The standard InChI is InChI=1S/C21H35N3O5.HI/c1-6-22-21(23-12-10-8-7-9-11-19(25)28-4)24-15-16-13-17(26-2)20(29-5)18(14-16)27-3;/h13-14H,6-12,15H2,1-5H3,(H2,22,23,24);1H. The van der Waals surface area contributed by atoms with Crippen molar-refractivity contribution in [1.29, 1.82) is 0 Å². The summed E-state index contributed by atoms with van der Waals surface area (Å²) in [5, 5.41) is 6.59. The summed E-state index contributed by atoms with van der Waals surface area (Å²) in [6.45, 7) is 4.11. The fourth-order valence-corrected chi connectivity index (χ4v) is 2.80. The monoisotopic (exact) mass is 537 g/mol. The van der Waals surface area contributed by atoms with Gasteiger partial charge in [0, 0.05) is 19.5 Å². The Hall–Kier alpha value is -1.91. The summed E-state index contributed by atoms with van der Waals surface area (Å²) >= 11 is 0. The normalized spacial score (nSPS) is 10.6. The van der Waals surface area contributed by atoms with Gasteiger partial charge in [0.25, 0.3) is 0 Å². The molecule has 0 heterocycles.